The van der Waals surface area contributed by atoms with Gasteiger partial charge in [0.25, 0.3) is 0 Å². The predicted molar refractivity (Wildman–Crippen MR) is 86.0 cm³/mol. The van der Waals surface area contributed by atoms with Crippen molar-refractivity contribution in [1.29, 1.82) is 0 Å². The van der Waals surface area contributed by atoms with Crippen LogP contribution in [0.1, 0.15) is 16.5 Å². The summed E-state index contributed by atoms with van der Waals surface area (Å²) < 4.78 is 1.21. The van der Waals surface area contributed by atoms with Crippen molar-refractivity contribution in [3.05, 3.63) is 58.1 Å². The number of nitrogens with one attached hydrogen (secondary N) is 1. The lowest BCUT2D eigenvalue weighted by molar-refractivity contribution is 0.691. The standard InChI is InChI=1S/C16H13ClN2S/c17-12-5-6-15-14(8-12)19-16(20-15)11-7-10-3-1-2-4-13(10)18-9-11/h1-6,8,11,18H,7,9H2. The molecule has 1 unspecified atom stereocenters. The fraction of sp³-hybridized carbons (Fsp3) is 0.188. The Labute approximate surface area is 126 Å². The molecule has 2 nitrogen and oxygen atoms in total. The molecule has 0 aliphatic carbocycles. The normalized spacial score (nSPS) is 17.8. The van der Waals surface area contributed by atoms with Gasteiger partial charge in [0.1, 0.15) is 0 Å². The average Bonchev–Trinajstić information content (AvgIpc) is 2.89. The molecule has 2 heterocycles. The second kappa shape index (κ2) is 4.76. The van der Waals surface area contributed by atoms with E-state index in [0.29, 0.717) is 5.92 Å². The zero-order chi connectivity index (χ0) is 13.5. The van der Waals surface area contributed by atoms with Crippen LogP contribution in [0.5, 0.6) is 0 Å². The number of anilines is 1. The van der Waals surface area contributed by atoms with Crippen LogP contribution in [0.4, 0.5) is 5.69 Å². The Morgan fingerprint density at radius 3 is 3.05 bits per heavy atom. The number of hydrogen-bond donors (Lipinski definition) is 1. The van der Waals surface area contributed by atoms with E-state index in [4.69, 9.17) is 16.6 Å². The van der Waals surface area contributed by atoms with Gasteiger partial charge >= 0.3 is 0 Å². The van der Waals surface area contributed by atoms with Crippen molar-refractivity contribution in [3.63, 3.8) is 0 Å². The molecule has 0 bridgehead atoms. The van der Waals surface area contributed by atoms with E-state index in [1.165, 1.54) is 21.0 Å². The van der Waals surface area contributed by atoms with Crippen LogP contribution >= 0.6 is 22.9 Å². The Balaban J connectivity index is 1.70. The second-order valence-corrected chi connectivity index (χ2v) is 6.60. The van der Waals surface area contributed by atoms with Crippen molar-refractivity contribution in [2.75, 3.05) is 11.9 Å². The molecule has 1 aliphatic rings. The van der Waals surface area contributed by atoms with Crippen LogP contribution in [0.15, 0.2) is 42.5 Å². The van der Waals surface area contributed by atoms with Crippen LogP contribution in [-0.4, -0.2) is 11.5 Å². The number of rotatable bonds is 1. The molecule has 0 amide bonds. The summed E-state index contributed by atoms with van der Waals surface area (Å²) in [5.74, 6) is 0.445. The number of fused-ring (bicyclic) bond motifs is 2. The summed E-state index contributed by atoms with van der Waals surface area (Å²) in [6, 6.07) is 14.4. The smallest absolute Gasteiger partial charge is 0.0990 e. The molecule has 0 saturated carbocycles. The molecule has 1 atom stereocenters. The molecule has 0 saturated heterocycles. The summed E-state index contributed by atoms with van der Waals surface area (Å²) in [4.78, 5) is 4.76. The summed E-state index contributed by atoms with van der Waals surface area (Å²) in [6.07, 6.45) is 1.05. The fourth-order valence-corrected chi connectivity index (χ4v) is 3.92. The van der Waals surface area contributed by atoms with E-state index in [0.717, 1.165) is 23.5 Å². The van der Waals surface area contributed by atoms with Crippen molar-refractivity contribution in [2.45, 2.75) is 12.3 Å². The first-order valence-corrected chi connectivity index (χ1v) is 7.87. The molecule has 0 fully saturated rings. The van der Waals surface area contributed by atoms with Gasteiger partial charge in [0.05, 0.1) is 15.2 Å². The Morgan fingerprint density at radius 1 is 1.20 bits per heavy atom. The van der Waals surface area contributed by atoms with E-state index < -0.39 is 0 Å². The molecule has 1 aromatic heterocycles. The minimum Gasteiger partial charge on any atom is -0.384 e. The van der Waals surface area contributed by atoms with Gasteiger partial charge in [0, 0.05) is 23.2 Å². The zero-order valence-corrected chi connectivity index (χ0v) is 12.3. The maximum Gasteiger partial charge on any atom is 0.0990 e. The Morgan fingerprint density at radius 2 is 2.10 bits per heavy atom. The second-order valence-electron chi connectivity index (χ2n) is 5.10. The van der Waals surface area contributed by atoms with Crippen LogP contribution in [0, 0.1) is 0 Å². The fourth-order valence-electron chi connectivity index (χ4n) is 2.71. The Hall–Kier alpha value is -1.58. The zero-order valence-electron chi connectivity index (χ0n) is 10.8. The SMILES string of the molecule is Clc1ccc2sc(C3CNc4ccccc4C3)nc2c1. The number of nitrogens with zero attached hydrogens (tertiary/aromatic N) is 1. The molecule has 0 spiro atoms. The molecule has 20 heavy (non-hydrogen) atoms. The van der Waals surface area contributed by atoms with Crippen molar-refractivity contribution < 1.29 is 0 Å². The highest BCUT2D eigenvalue weighted by Gasteiger charge is 2.22. The Kier molecular flexibility index (Phi) is 2.90. The number of halogens is 1. The first-order valence-electron chi connectivity index (χ1n) is 6.67. The van der Waals surface area contributed by atoms with Gasteiger partial charge in [-0.2, -0.15) is 0 Å². The summed E-state index contributed by atoms with van der Waals surface area (Å²) >= 11 is 7.81. The van der Waals surface area contributed by atoms with Gasteiger partial charge in [-0.25, -0.2) is 4.98 Å². The highest BCUT2D eigenvalue weighted by atomic mass is 35.5. The molecule has 1 N–H and O–H groups in total. The molecule has 0 radical (unpaired) electrons. The van der Waals surface area contributed by atoms with Gasteiger partial charge in [-0.05, 0) is 36.2 Å². The lowest BCUT2D eigenvalue weighted by atomic mass is 9.94. The van der Waals surface area contributed by atoms with E-state index in [1.807, 2.05) is 12.1 Å². The molecular formula is C16H13ClN2S. The minimum atomic E-state index is 0.445. The lowest BCUT2D eigenvalue weighted by Crippen LogP contribution is -2.21. The quantitative estimate of drug-likeness (QED) is 0.704. The number of para-hydroxylation sites is 1. The van der Waals surface area contributed by atoms with E-state index in [1.54, 1.807) is 11.3 Å². The third kappa shape index (κ3) is 2.07. The van der Waals surface area contributed by atoms with Crippen molar-refractivity contribution in [2.24, 2.45) is 0 Å². The van der Waals surface area contributed by atoms with Gasteiger partial charge in [0.2, 0.25) is 0 Å². The molecular weight excluding hydrogens is 288 g/mol. The predicted octanol–water partition coefficient (Wildman–Crippen LogP) is 4.70. The largest absolute Gasteiger partial charge is 0.384 e. The monoisotopic (exact) mass is 300 g/mol. The van der Waals surface area contributed by atoms with Crippen molar-refractivity contribution >= 4 is 38.8 Å². The maximum atomic E-state index is 6.03. The average molecular weight is 301 g/mol. The van der Waals surface area contributed by atoms with E-state index in [-0.39, 0.29) is 0 Å². The maximum absolute atomic E-state index is 6.03. The van der Waals surface area contributed by atoms with E-state index in [9.17, 15) is 0 Å². The van der Waals surface area contributed by atoms with E-state index >= 15 is 0 Å². The first kappa shape index (κ1) is 12.2. The van der Waals surface area contributed by atoms with Crippen molar-refractivity contribution in [3.8, 4) is 0 Å². The third-order valence-corrected chi connectivity index (χ3v) is 5.17. The first-order chi connectivity index (χ1) is 9.79. The van der Waals surface area contributed by atoms with Gasteiger partial charge in [-0.3, -0.25) is 0 Å². The topological polar surface area (TPSA) is 24.9 Å². The highest BCUT2D eigenvalue weighted by molar-refractivity contribution is 7.18. The lowest BCUT2D eigenvalue weighted by Gasteiger charge is -2.24. The summed E-state index contributed by atoms with van der Waals surface area (Å²) in [5.41, 5.74) is 3.64. The van der Waals surface area contributed by atoms with Crippen LogP contribution in [0.2, 0.25) is 5.02 Å². The van der Waals surface area contributed by atoms with Gasteiger partial charge in [-0.15, -0.1) is 11.3 Å². The summed E-state index contributed by atoms with van der Waals surface area (Å²) in [7, 11) is 0. The molecule has 4 heteroatoms. The molecule has 2 aromatic carbocycles. The molecule has 3 aromatic rings. The van der Waals surface area contributed by atoms with Crippen LogP contribution in [0.3, 0.4) is 0 Å². The molecule has 4 rings (SSSR count). The van der Waals surface area contributed by atoms with E-state index in [2.05, 4.69) is 35.6 Å². The van der Waals surface area contributed by atoms with Crippen LogP contribution in [0.25, 0.3) is 10.2 Å². The van der Waals surface area contributed by atoms with Crippen molar-refractivity contribution in [1.82, 2.24) is 4.98 Å². The number of hydrogen-bond acceptors (Lipinski definition) is 3. The highest BCUT2D eigenvalue weighted by Crippen LogP contribution is 2.35. The summed E-state index contributed by atoms with van der Waals surface area (Å²) in [6.45, 7) is 0.949. The molecule has 100 valence electrons. The summed E-state index contributed by atoms with van der Waals surface area (Å²) in [5, 5.41) is 5.46. The third-order valence-electron chi connectivity index (χ3n) is 3.74. The van der Waals surface area contributed by atoms with Crippen LogP contribution in [-0.2, 0) is 6.42 Å². The number of thiazole rings is 1. The van der Waals surface area contributed by atoms with Gasteiger partial charge in [0.15, 0.2) is 0 Å². The molecule has 1 aliphatic heterocycles. The Bertz CT molecular complexity index is 781. The number of benzene rings is 2. The van der Waals surface area contributed by atoms with Gasteiger partial charge in [-0.1, -0.05) is 29.8 Å². The number of aromatic nitrogens is 1. The minimum absolute atomic E-state index is 0.445. The van der Waals surface area contributed by atoms with Gasteiger partial charge < -0.3 is 5.32 Å². The van der Waals surface area contributed by atoms with Crippen LogP contribution < -0.4 is 5.32 Å².